The predicted molar refractivity (Wildman–Crippen MR) is 115 cm³/mol. The Morgan fingerprint density at radius 3 is 2.28 bits per heavy atom. The van der Waals surface area contributed by atoms with E-state index in [-0.39, 0.29) is 11.6 Å². The van der Waals surface area contributed by atoms with E-state index in [1.807, 2.05) is 66.7 Å². The monoisotopic (exact) mass is 382 g/mol. The number of anilines is 1. The Morgan fingerprint density at radius 1 is 0.931 bits per heavy atom. The highest BCUT2D eigenvalue weighted by atomic mass is 16.6. The fraction of sp³-hybridized carbons (Fsp3) is 0.0417. The fourth-order valence-electron chi connectivity index (χ4n) is 3.46. The zero-order valence-corrected chi connectivity index (χ0v) is 15.8. The molecule has 5 heteroatoms. The van der Waals surface area contributed by atoms with Crippen LogP contribution in [0.1, 0.15) is 16.7 Å². The van der Waals surface area contributed by atoms with Crippen molar-refractivity contribution in [3.05, 3.63) is 112 Å². The number of nitrogens with zero attached hydrogens (tertiary/aromatic N) is 2. The molecule has 0 aromatic heterocycles. The Labute approximate surface area is 168 Å². The van der Waals surface area contributed by atoms with Crippen molar-refractivity contribution >= 4 is 34.5 Å². The first-order valence-corrected chi connectivity index (χ1v) is 9.16. The summed E-state index contributed by atoms with van der Waals surface area (Å²) < 4.78 is 0. The number of nitro groups is 1. The first kappa shape index (κ1) is 18.4. The van der Waals surface area contributed by atoms with Crippen LogP contribution < -0.4 is 4.90 Å². The van der Waals surface area contributed by atoms with Crippen LogP contribution in [0.25, 0.3) is 17.2 Å². The summed E-state index contributed by atoms with van der Waals surface area (Å²) >= 11 is 0. The summed E-state index contributed by atoms with van der Waals surface area (Å²) in [6.07, 6.45) is 3.84. The summed E-state index contributed by atoms with van der Waals surface area (Å²) in [6.45, 7) is 0. The number of hydrogen-bond acceptors (Lipinski definition) is 3. The highest BCUT2D eigenvalue weighted by Crippen LogP contribution is 2.40. The molecule has 0 N–H and O–H groups in total. The summed E-state index contributed by atoms with van der Waals surface area (Å²) in [4.78, 5) is 25.3. The summed E-state index contributed by atoms with van der Waals surface area (Å²) in [7, 11) is 1.75. The smallest absolute Gasteiger partial charge is 0.269 e. The number of nitro benzene ring substituents is 1. The minimum Gasteiger partial charge on any atom is -0.311 e. The van der Waals surface area contributed by atoms with Crippen LogP contribution in [0.4, 0.5) is 11.4 Å². The van der Waals surface area contributed by atoms with Crippen molar-refractivity contribution in [3.63, 3.8) is 0 Å². The molecule has 3 aromatic carbocycles. The van der Waals surface area contributed by atoms with E-state index in [2.05, 4.69) is 0 Å². The Morgan fingerprint density at radius 2 is 1.59 bits per heavy atom. The number of para-hydroxylation sites is 1. The molecule has 3 aromatic rings. The molecule has 1 amide bonds. The van der Waals surface area contributed by atoms with Gasteiger partial charge >= 0.3 is 0 Å². The maximum atomic E-state index is 13.1. The topological polar surface area (TPSA) is 63.5 Å². The quantitative estimate of drug-likeness (QED) is 0.354. The van der Waals surface area contributed by atoms with Gasteiger partial charge < -0.3 is 4.90 Å². The number of amides is 1. The lowest BCUT2D eigenvalue weighted by Crippen LogP contribution is -2.20. The second kappa shape index (κ2) is 7.56. The highest BCUT2D eigenvalue weighted by molar-refractivity contribution is 6.38. The van der Waals surface area contributed by atoms with Gasteiger partial charge in [-0.1, -0.05) is 60.7 Å². The van der Waals surface area contributed by atoms with Gasteiger partial charge in [-0.3, -0.25) is 14.9 Å². The van der Waals surface area contributed by atoms with Gasteiger partial charge in [-0.05, 0) is 34.9 Å². The van der Waals surface area contributed by atoms with Gasteiger partial charge in [0.1, 0.15) is 0 Å². The number of fused-ring (bicyclic) bond motifs is 1. The molecule has 0 saturated heterocycles. The normalized spacial score (nSPS) is 14.9. The molecule has 29 heavy (non-hydrogen) atoms. The van der Waals surface area contributed by atoms with E-state index in [4.69, 9.17) is 0 Å². The average molecular weight is 382 g/mol. The van der Waals surface area contributed by atoms with Crippen molar-refractivity contribution < 1.29 is 9.72 Å². The van der Waals surface area contributed by atoms with Gasteiger partial charge in [-0.15, -0.1) is 0 Å². The summed E-state index contributed by atoms with van der Waals surface area (Å²) in [6, 6.07) is 23.7. The predicted octanol–water partition coefficient (Wildman–Crippen LogP) is 5.20. The first-order chi connectivity index (χ1) is 14.1. The molecule has 0 atom stereocenters. The van der Waals surface area contributed by atoms with Gasteiger partial charge in [0.2, 0.25) is 0 Å². The molecular weight excluding hydrogens is 364 g/mol. The van der Waals surface area contributed by atoms with Crippen LogP contribution in [0.2, 0.25) is 0 Å². The van der Waals surface area contributed by atoms with Crippen molar-refractivity contribution in [2.24, 2.45) is 0 Å². The Balaban J connectivity index is 1.91. The van der Waals surface area contributed by atoms with E-state index in [0.29, 0.717) is 5.57 Å². The third-order valence-electron chi connectivity index (χ3n) is 4.95. The maximum Gasteiger partial charge on any atom is 0.269 e. The van der Waals surface area contributed by atoms with E-state index in [1.165, 1.54) is 12.1 Å². The van der Waals surface area contributed by atoms with E-state index >= 15 is 0 Å². The third kappa shape index (κ3) is 3.46. The number of carbonyl (C=O) groups excluding carboxylic acids is 1. The van der Waals surface area contributed by atoms with Gasteiger partial charge in [0.25, 0.3) is 11.6 Å². The van der Waals surface area contributed by atoms with Gasteiger partial charge in [0.05, 0.1) is 16.2 Å². The summed E-state index contributed by atoms with van der Waals surface area (Å²) in [5.74, 6) is -0.0998. The lowest BCUT2D eigenvalue weighted by Gasteiger charge is -2.10. The molecule has 0 saturated carbocycles. The Bertz CT molecular complexity index is 1150. The number of benzene rings is 3. The fourth-order valence-corrected chi connectivity index (χ4v) is 3.46. The molecule has 0 radical (unpaired) electrons. The largest absolute Gasteiger partial charge is 0.311 e. The standard InChI is InChI=1S/C24H18N2O3/c1-25-22-10-6-5-9-21(22)23(24(25)27)20(16-11-17-7-3-2-4-8-17)18-12-14-19(15-13-18)26(28)29/h2-16H,1H3/b16-11+,23-20+. The van der Waals surface area contributed by atoms with E-state index < -0.39 is 4.92 Å². The van der Waals surface area contributed by atoms with Crippen LogP contribution in [0.3, 0.4) is 0 Å². The van der Waals surface area contributed by atoms with Crippen LogP contribution in [0.5, 0.6) is 0 Å². The second-order valence-electron chi connectivity index (χ2n) is 6.72. The second-order valence-corrected chi connectivity index (χ2v) is 6.72. The molecule has 4 rings (SSSR count). The first-order valence-electron chi connectivity index (χ1n) is 9.16. The van der Waals surface area contributed by atoms with Crippen molar-refractivity contribution in [2.75, 3.05) is 11.9 Å². The van der Waals surface area contributed by atoms with Gasteiger partial charge in [0, 0.05) is 24.7 Å². The van der Waals surface area contributed by atoms with E-state index in [1.54, 1.807) is 24.1 Å². The summed E-state index contributed by atoms with van der Waals surface area (Å²) in [5, 5.41) is 11.0. The summed E-state index contributed by atoms with van der Waals surface area (Å²) in [5.41, 5.74) is 4.78. The van der Waals surface area contributed by atoms with Crippen LogP contribution >= 0.6 is 0 Å². The van der Waals surface area contributed by atoms with Crippen molar-refractivity contribution in [3.8, 4) is 0 Å². The number of allylic oxidation sites excluding steroid dienone is 2. The lowest BCUT2D eigenvalue weighted by atomic mass is 9.94. The SMILES string of the molecule is CN1C(=O)/C(=C(\C=C\c2ccccc2)c2ccc([N+](=O)[O-])cc2)c2ccccc21. The van der Waals surface area contributed by atoms with Crippen molar-refractivity contribution in [1.29, 1.82) is 0 Å². The van der Waals surface area contributed by atoms with Gasteiger partial charge in [0.15, 0.2) is 0 Å². The maximum absolute atomic E-state index is 13.1. The van der Waals surface area contributed by atoms with Gasteiger partial charge in [-0.25, -0.2) is 0 Å². The minimum atomic E-state index is -0.430. The number of likely N-dealkylation sites (N-methyl/N-ethyl adjacent to an activating group) is 1. The minimum absolute atomic E-state index is 0.0143. The van der Waals surface area contributed by atoms with E-state index in [0.717, 1.165) is 28.0 Å². The molecule has 0 bridgehead atoms. The molecule has 1 aliphatic heterocycles. The van der Waals surface area contributed by atoms with E-state index in [9.17, 15) is 14.9 Å². The Kier molecular flexibility index (Phi) is 4.79. The molecule has 1 heterocycles. The van der Waals surface area contributed by atoms with Gasteiger partial charge in [-0.2, -0.15) is 0 Å². The molecule has 0 fully saturated rings. The Hall–Kier alpha value is -3.99. The van der Waals surface area contributed by atoms with Crippen molar-refractivity contribution in [2.45, 2.75) is 0 Å². The van der Waals surface area contributed by atoms with Crippen LogP contribution in [0.15, 0.2) is 84.9 Å². The molecule has 0 spiro atoms. The number of rotatable bonds is 4. The average Bonchev–Trinajstić information content (AvgIpc) is 3.00. The zero-order chi connectivity index (χ0) is 20.4. The van der Waals surface area contributed by atoms with Crippen molar-refractivity contribution in [1.82, 2.24) is 0 Å². The van der Waals surface area contributed by atoms with Crippen LogP contribution in [-0.2, 0) is 4.79 Å². The lowest BCUT2D eigenvalue weighted by molar-refractivity contribution is -0.384. The number of hydrogen-bond donors (Lipinski definition) is 0. The van der Waals surface area contributed by atoms with Crippen LogP contribution in [0, 0.1) is 10.1 Å². The zero-order valence-electron chi connectivity index (χ0n) is 15.8. The molecule has 142 valence electrons. The molecule has 0 unspecified atom stereocenters. The third-order valence-corrected chi connectivity index (χ3v) is 4.95. The molecular formula is C24H18N2O3. The van der Waals surface area contributed by atoms with Crippen LogP contribution in [-0.4, -0.2) is 17.9 Å². The molecule has 0 aliphatic carbocycles. The molecule has 5 nitrogen and oxygen atoms in total. The number of non-ortho nitro benzene ring substituents is 1. The number of carbonyl (C=O) groups is 1. The highest BCUT2D eigenvalue weighted by Gasteiger charge is 2.31. The molecule has 1 aliphatic rings.